The number of rotatable bonds is 1. The number of allylic oxidation sites excluding steroid dienone is 1. The number of carbonyl (C=O) groups is 1. The van der Waals surface area contributed by atoms with E-state index in [0.717, 1.165) is 34.4 Å². The summed E-state index contributed by atoms with van der Waals surface area (Å²) in [6.07, 6.45) is 0.223. The Balaban J connectivity index is 1.63. The highest BCUT2D eigenvalue weighted by atomic mass is 32.1. The standard InChI is InChI=1S/C17H17N3O3S/c1-19-3-5-20(6-4-19)17(22)23-15-9-14-13(8-11(10-21)18-14)12-2-7-24-16(12)15/h2,7,9,18H,3-6,8H2,1H3. The van der Waals surface area contributed by atoms with Gasteiger partial charge in [0.25, 0.3) is 0 Å². The topological polar surface area (TPSA) is 61.9 Å². The Bertz CT molecular complexity index is 861. The highest BCUT2D eigenvalue weighted by Gasteiger charge is 2.25. The average Bonchev–Trinajstić information content (AvgIpc) is 3.21. The quantitative estimate of drug-likeness (QED) is 0.805. The van der Waals surface area contributed by atoms with Crippen LogP contribution < -0.4 is 10.1 Å². The van der Waals surface area contributed by atoms with Crippen LogP contribution >= 0.6 is 11.3 Å². The summed E-state index contributed by atoms with van der Waals surface area (Å²) in [6, 6.07) is 3.81. The van der Waals surface area contributed by atoms with Crippen molar-refractivity contribution in [1.29, 1.82) is 0 Å². The van der Waals surface area contributed by atoms with Gasteiger partial charge < -0.3 is 19.9 Å². The molecule has 24 heavy (non-hydrogen) atoms. The second-order valence-electron chi connectivity index (χ2n) is 6.10. The van der Waals surface area contributed by atoms with Gasteiger partial charge in [0.15, 0.2) is 5.75 Å². The largest absolute Gasteiger partial charge is 0.415 e. The molecule has 3 heterocycles. The molecular formula is C17H17N3O3S. The van der Waals surface area contributed by atoms with Crippen LogP contribution in [0, 0.1) is 0 Å². The molecule has 1 saturated heterocycles. The molecule has 2 aliphatic rings. The zero-order chi connectivity index (χ0) is 16.7. The van der Waals surface area contributed by atoms with Crippen molar-refractivity contribution in [2.75, 3.05) is 38.5 Å². The normalized spacial score (nSPS) is 17.5. The number of likely N-dealkylation sites (N-methyl/N-ethyl adjacent to an activating group) is 1. The molecule has 7 heteroatoms. The number of piperazine rings is 1. The van der Waals surface area contributed by atoms with Crippen LogP contribution in [-0.2, 0) is 11.2 Å². The van der Waals surface area contributed by atoms with Crippen LogP contribution in [0.4, 0.5) is 10.5 Å². The molecule has 0 saturated carbocycles. The van der Waals surface area contributed by atoms with E-state index in [1.165, 1.54) is 11.3 Å². The van der Waals surface area contributed by atoms with Gasteiger partial charge in [-0.2, -0.15) is 0 Å². The van der Waals surface area contributed by atoms with Crippen LogP contribution in [-0.4, -0.2) is 55.1 Å². The monoisotopic (exact) mass is 343 g/mol. The third kappa shape index (κ3) is 2.57. The third-order valence-corrected chi connectivity index (χ3v) is 5.46. The van der Waals surface area contributed by atoms with Crippen molar-refractivity contribution >= 4 is 39.1 Å². The first kappa shape index (κ1) is 15.2. The van der Waals surface area contributed by atoms with E-state index in [4.69, 9.17) is 4.74 Å². The van der Waals surface area contributed by atoms with E-state index in [2.05, 4.69) is 10.2 Å². The molecule has 0 unspecified atom stereocenters. The minimum absolute atomic E-state index is 0.318. The van der Waals surface area contributed by atoms with Crippen LogP contribution in [0.15, 0.2) is 23.2 Å². The summed E-state index contributed by atoms with van der Waals surface area (Å²) in [5.41, 5.74) is 2.39. The first-order chi connectivity index (χ1) is 11.7. The Kier molecular flexibility index (Phi) is 3.76. The van der Waals surface area contributed by atoms with Gasteiger partial charge in [0.05, 0.1) is 4.70 Å². The second-order valence-corrected chi connectivity index (χ2v) is 7.02. The van der Waals surface area contributed by atoms with Crippen LogP contribution in [0.25, 0.3) is 10.1 Å². The molecule has 4 rings (SSSR count). The van der Waals surface area contributed by atoms with Gasteiger partial charge in [-0.3, -0.25) is 0 Å². The molecule has 0 aliphatic carbocycles. The predicted octanol–water partition coefficient (Wildman–Crippen LogP) is 2.33. The molecule has 0 atom stereocenters. The first-order valence-corrected chi connectivity index (χ1v) is 8.73. The van der Waals surface area contributed by atoms with Crippen molar-refractivity contribution in [2.45, 2.75) is 6.42 Å². The van der Waals surface area contributed by atoms with Gasteiger partial charge >= 0.3 is 6.09 Å². The van der Waals surface area contributed by atoms with Gasteiger partial charge in [-0.15, -0.1) is 11.3 Å². The number of fused-ring (bicyclic) bond motifs is 3. The van der Waals surface area contributed by atoms with Crippen LogP contribution in [0.1, 0.15) is 5.56 Å². The summed E-state index contributed by atoms with van der Waals surface area (Å²) in [7, 11) is 2.04. The Morgan fingerprint density at radius 3 is 2.88 bits per heavy atom. The summed E-state index contributed by atoms with van der Waals surface area (Å²) < 4.78 is 6.62. The maximum absolute atomic E-state index is 12.5. The smallest absolute Gasteiger partial charge is 0.409 e. The second kappa shape index (κ2) is 5.94. The molecule has 2 aromatic rings. The van der Waals surface area contributed by atoms with Crippen molar-refractivity contribution < 1.29 is 14.3 Å². The van der Waals surface area contributed by atoms with Crippen LogP contribution in [0.3, 0.4) is 0 Å². The van der Waals surface area contributed by atoms with Crippen molar-refractivity contribution in [3.8, 4) is 5.75 Å². The molecule has 1 amide bonds. The summed E-state index contributed by atoms with van der Waals surface area (Å²) in [5.74, 6) is 2.47. The van der Waals surface area contributed by atoms with E-state index >= 15 is 0 Å². The highest BCUT2D eigenvalue weighted by Crippen LogP contribution is 2.42. The van der Waals surface area contributed by atoms with Crippen molar-refractivity contribution in [3.05, 3.63) is 28.8 Å². The van der Waals surface area contributed by atoms with E-state index in [1.807, 2.05) is 30.5 Å². The number of hydrogen-bond acceptors (Lipinski definition) is 6. The Morgan fingerprint density at radius 2 is 2.12 bits per heavy atom. The van der Waals surface area contributed by atoms with E-state index in [9.17, 15) is 9.59 Å². The van der Waals surface area contributed by atoms with E-state index in [-0.39, 0.29) is 6.09 Å². The molecule has 0 bridgehead atoms. The summed E-state index contributed by atoms with van der Waals surface area (Å²) >= 11 is 1.54. The van der Waals surface area contributed by atoms with E-state index in [0.29, 0.717) is 31.0 Å². The Hall–Kier alpha value is -2.34. The summed E-state index contributed by atoms with van der Waals surface area (Å²) in [4.78, 5) is 27.3. The van der Waals surface area contributed by atoms with Crippen LogP contribution in [0.2, 0.25) is 0 Å². The zero-order valence-electron chi connectivity index (χ0n) is 13.3. The van der Waals surface area contributed by atoms with Crippen molar-refractivity contribution in [2.24, 2.45) is 0 Å². The number of hydrogen-bond donors (Lipinski definition) is 1. The lowest BCUT2D eigenvalue weighted by atomic mass is 10.1. The van der Waals surface area contributed by atoms with Gasteiger partial charge in [-0.25, -0.2) is 9.59 Å². The number of amides is 1. The summed E-state index contributed by atoms with van der Waals surface area (Å²) in [6.45, 7) is 3.04. The van der Waals surface area contributed by atoms with E-state index < -0.39 is 0 Å². The molecule has 1 aromatic carbocycles. The minimum Gasteiger partial charge on any atom is -0.409 e. The molecule has 6 nitrogen and oxygen atoms in total. The zero-order valence-corrected chi connectivity index (χ0v) is 14.1. The van der Waals surface area contributed by atoms with Gasteiger partial charge in [0, 0.05) is 49.7 Å². The lowest BCUT2D eigenvalue weighted by Gasteiger charge is -2.31. The van der Waals surface area contributed by atoms with Gasteiger partial charge in [0.2, 0.25) is 0 Å². The minimum atomic E-state index is -0.318. The number of ether oxygens (including phenoxy) is 1. The number of thiophene rings is 1. The molecule has 0 spiro atoms. The van der Waals surface area contributed by atoms with Crippen molar-refractivity contribution in [3.63, 3.8) is 0 Å². The Labute approximate surface area is 143 Å². The molecule has 124 valence electrons. The van der Waals surface area contributed by atoms with Gasteiger partial charge in [-0.05, 0) is 24.1 Å². The lowest BCUT2D eigenvalue weighted by molar-refractivity contribution is 0.121. The molecule has 1 N–H and O–H groups in total. The third-order valence-electron chi connectivity index (χ3n) is 4.54. The summed E-state index contributed by atoms with van der Waals surface area (Å²) in [5, 5.41) is 6.05. The fourth-order valence-electron chi connectivity index (χ4n) is 3.14. The molecule has 1 fully saturated rings. The average molecular weight is 343 g/mol. The van der Waals surface area contributed by atoms with E-state index in [1.54, 1.807) is 4.90 Å². The molecule has 1 aromatic heterocycles. The Morgan fingerprint density at radius 1 is 1.33 bits per heavy atom. The van der Waals surface area contributed by atoms with Crippen LogP contribution in [0.5, 0.6) is 5.75 Å². The SMILES string of the molecule is CN1CCN(C(=O)Oc2cc3c(c4ccsc24)CC(=C=O)N3)CC1. The van der Waals surface area contributed by atoms with Crippen molar-refractivity contribution in [1.82, 2.24) is 9.80 Å². The number of nitrogens with one attached hydrogen (secondary N) is 1. The van der Waals surface area contributed by atoms with Gasteiger partial charge in [0.1, 0.15) is 11.6 Å². The maximum Gasteiger partial charge on any atom is 0.415 e. The maximum atomic E-state index is 12.5. The lowest BCUT2D eigenvalue weighted by Crippen LogP contribution is -2.48. The highest BCUT2D eigenvalue weighted by molar-refractivity contribution is 7.17. The predicted molar refractivity (Wildman–Crippen MR) is 93.5 cm³/mol. The number of carbonyl (C=O) groups excluding carboxylic acids is 2. The molecule has 2 aliphatic heterocycles. The molecule has 0 radical (unpaired) electrons. The van der Waals surface area contributed by atoms with Gasteiger partial charge in [-0.1, -0.05) is 0 Å². The fraction of sp³-hybridized carbons (Fsp3) is 0.353. The number of anilines is 1. The number of benzene rings is 1. The first-order valence-electron chi connectivity index (χ1n) is 7.85. The number of nitrogens with zero attached hydrogens (tertiary/aromatic N) is 2. The fourth-order valence-corrected chi connectivity index (χ4v) is 4.01. The molecular weight excluding hydrogens is 326 g/mol.